The van der Waals surface area contributed by atoms with Crippen molar-refractivity contribution in [3.63, 3.8) is 0 Å². The number of amides is 3. The number of carbonyl (C=O) groups excluding carboxylic acids is 3. The van der Waals surface area contributed by atoms with Gasteiger partial charge in [-0.3, -0.25) is 14.4 Å². The highest BCUT2D eigenvalue weighted by Gasteiger charge is 2.41. The van der Waals surface area contributed by atoms with Gasteiger partial charge in [0.05, 0.1) is 27.9 Å². The maximum atomic E-state index is 14.0. The van der Waals surface area contributed by atoms with E-state index in [-0.39, 0.29) is 22.3 Å². The fourth-order valence-electron chi connectivity index (χ4n) is 4.03. The first-order valence-corrected chi connectivity index (χ1v) is 10.4. The van der Waals surface area contributed by atoms with Crippen LogP contribution in [0.3, 0.4) is 0 Å². The van der Waals surface area contributed by atoms with E-state index in [0.29, 0.717) is 11.0 Å². The van der Waals surface area contributed by atoms with Crippen molar-refractivity contribution in [1.82, 2.24) is 5.32 Å². The maximum absolute atomic E-state index is 14.0. The van der Waals surface area contributed by atoms with Gasteiger partial charge in [0.25, 0.3) is 17.7 Å². The number of aryl methyl sites for hydroxylation is 1. The molecule has 4 rings (SSSR count). The molecule has 1 N–H and O–H groups in total. The molecular weight excluding hydrogens is 490 g/mol. The van der Waals surface area contributed by atoms with Crippen molar-refractivity contribution in [1.29, 1.82) is 0 Å². The minimum absolute atomic E-state index is 0.0598. The van der Waals surface area contributed by atoms with Crippen molar-refractivity contribution in [2.75, 3.05) is 11.9 Å². The molecule has 3 amide bonds. The molecule has 0 saturated carbocycles. The number of fused-ring (bicyclic) bond motifs is 1. The molecular formula is C25H16F6N2O3. The van der Waals surface area contributed by atoms with Crippen molar-refractivity contribution in [2.45, 2.75) is 19.3 Å². The molecule has 1 aliphatic rings. The van der Waals surface area contributed by atoms with E-state index in [0.717, 1.165) is 30.3 Å². The Morgan fingerprint density at radius 1 is 0.722 bits per heavy atom. The first-order valence-electron chi connectivity index (χ1n) is 10.4. The summed E-state index contributed by atoms with van der Waals surface area (Å²) >= 11 is 0. The van der Waals surface area contributed by atoms with Crippen molar-refractivity contribution in [3.8, 4) is 11.1 Å². The van der Waals surface area contributed by atoms with Gasteiger partial charge in [0.1, 0.15) is 0 Å². The summed E-state index contributed by atoms with van der Waals surface area (Å²) in [6.45, 7) is 1.38. The number of halogens is 6. The molecule has 3 aromatic carbocycles. The summed E-state index contributed by atoms with van der Waals surface area (Å²) in [6.07, 6.45) is -10.0. The Balaban J connectivity index is 1.86. The van der Waals surface area contributed by atoms with Gasteiger partial charge in [0.15, 0.2) is 0 Å². The fourth-order valence-corrected chi connectivity index (χ4v) is 4.03. The molecule has 0 unspecified atom stereocenters. The molecule has 1 aliphatic heterocycles. The van der Waals surface area contributed by atoms with E-state index in [4.69, 9.17) is 0 Å². The van der Waals surface area contributed by atoms with Crippen LogP contribution in [0.4, 0.5) is 32.0 Å². The van der Waals surface area contributed by atoms with Crippen LogP contribution in [0.5, 0.6) is 0 Å². The number of anilines is 1. The second-order valence-electron chi connectivity index (χ2n) is 8.06. The minimum atomic E-state index is -5.11. The van der Waals surface area contributed by atoms with E-state index in [1.807, 2.05) is 0 Å². The van der Waals surface area contributed by atoms with Gasteiger partial charge in [0, 0.05) is 12.6 Å². The number of imide groups is 1. The molecule has 0 radical (unpaired) electrons. The van der Waals surface area contributed by atoms with E-state index in [1.54, 1.807) is 0 Å². The van der Waals surface area contributed by atoms with Crippen LogP contribution in [0.1, 0.15) is 47.8 Å². The van der Waals surface area contributed by atoms with E-state index in [1.165, 1.54) is 32.2 Å². The van der Waals surface area contributed by atoms with Gasteiger partial charge in [-0.2, -0.15) is 26.3 Å². The molecule has 186 valence electrons. The molecule has 36 heavy (non-hydrogen) atoms. The first-order chi connectivity index (χ1) is 16.7. The van der Waals surface area contributed by atoms with Crippen molar-refractivity contribution >= 4 is 23.4 Å². The molecule has 0 aromatic heterocycles. The molecule has 1 heterocycles. The number of hydrogen-bond acceptors (Lipinski definition) is 3. The second-order valence-corrected chi connectivity index (χ2v) is 8.06. The van der Waals surface area contributed by atoms with Gasteiger partial charge >= 0.3 is 12.4 Å². The van der Waals surface area contributed by atoms with Crippen LogP contribution in [-0.2, 0) is 12.4 Å². The summed E-state index contributed by atoms with van der Waals surface area (Å²) in [4.78, 5) is 38.2. The Kier molecular flexibility index (Phi) is 5.90. The van der Waals surface area contributed by atoms with E-state index in [9.17, 15) is 40.7 Å². The summed E-state index contributed by atoms with van der Waals surface area (Å²) in [7, 11) is 1.35. The topological polar surface area (TPSA) is 66.5 Å². The third kappa shape index (κ3) is 4.21. The zero-order valence-corrected chi connectivity index (χ0v) is 18.6. The number of rotatable bonds is 3. The number of alkyl halides is 6. The maximum Gasteiger partial charge on any atom is 0.417 e. The third-order valence-corrected chi connectivity index (χ3v) is 5.71. The Morgan fingerprint density at radius 2 is 1.25 bits per heavy atom. The van der Waals surface area contributed by atoms with Crippen LogP contribution >= 0.6 is 0 Å². The van der Waals surface area contributed by atoms with Gasteiger partial charge in [-0.05, 0) is 54.4 Å². The van der Waals surface area contributed by atoms with E-state index < -0.39 is 58.0 Å². The molecule has 0 aliphatic carbocycles. The molecule has 0 atom stereocenters. The van der Waals surface area contributed by atoms with Crippen molar-refractivity contribution in [2.24, 2.45) is 0 Å². The Morgan fingerprint density at radius 3 is 1.83 bits per heavy atom. The van der Waals surface area contributed by atoms with E-state index in [2.05, 4.69) is 5.32 Å². The van der Waals surface area contributed by atoms with Crippen LogP contribution < -0.4 is 10.2 Å². The SMILES string of the molecule is CNC(=O)c1ccc2c(c1)C(=O)N(c1ccc(-c3ccc(C)cc3C(F)(F)F)c(C(F)(F)F)c1)C2=O. The molecule has 0 bridgehead atoms. The second kappa shape index (κ2) is 8.51. The van der Waals surface area contributed by atoms with Crippen molar-refractivity contribution < 1.29 is 40.7 Å². The van der Waals surface area contributed by atoms with Crippen molar-refractivity contribution in [3.05, 3.63) is 88.0 Å². The Hall–Kier alpha value is -4.15. The zero-order valence-electron chi connectivity index (χ0n) is 18.6. The average Bonchev–Trinajstić information content (AvgIpc) is 3.06. The van der Waals surface area contributed by atoms with Crippen LogP contribution in [-0.4, -0.2) is 24.8 Å². The van der Waals surface area contributed by atoms with Crippen LogP contribution in [0, 0.1) is 6.92 Å². The van der Waals surface area contributed by atoms with Gasteiger partial charge in [-0.25, -0.2) is 4.90 Å². The van der Waals surface area contributed by atoms with Crippen LogP contribution in [0.15, 0.2) is 54.6 Å². The minimum Gasteiger partial charge on any atom is -0.355 e. The van der Waals surface area contributed by atoms with Crippen LogP contribution in [0.2, 0.25) is 0 Å². The van der Waals surface area contributed by atoms with Gasteiger partial charge in [-0.15, -0.1) is 0 Å². The lowest BCUT2D eigenvalue weighted by Gasteiger charge is -2.21. The highest BCUT2D eigenvalue weighted by Crippen LogP contribution is 2.44. The van der Waals surface area contributed by atoms with Crippen LogP contribution in [0.25, 0.3) is 11.1 Å². The molecule has 0 spiro atoms. The lowest BCUT2D eigenvalue weighted by molar-refractivity contribution is -0.139. The molecule has 3 aromatic rings. The number of hydrogen-bond donors (Lipinski definition) is 1. The zero-order chi connectivity index (χ0) is 26.6. The Labute approximate surface area is 200 Å². The lowest BCUT2D eigenvalue weighted by atomic mass is 9.93. The predicted molar refractivity (Wildman–Crippen MR) is 118 cm³/mol. The average molecular weight is 506 g/mol. The molecule has 0 fully saturated rings. The summed E-state index contributed by atoms with van der Waals surface area (Å²) < 4.78 is 83.0. The lowest BCUT2D eigenvalue weighted by Crippen LogP contribution is -2.29. The fraction of sp³-hybridized carbons (Fsp3) is 0.160. The highest BCUT2D eigenvalue weighted by atomic mass is 19.4. The highest BCUT2D eigenvalue weighted by molar-refractivity contribution is 6.34. The summed E-state index contributed by atoms with van der Waals surface area (Å²) in [5.41, 5.74) is -4.65. The summed E-state index contributed by atoms with van der Waals surface area (Å²) in [6, 6.07) is 8.85. The summed E-state index contributed by atoms with van der Waals surface area (Å²) in [5.74, 6) is -2.43. The van der Waals surface area contributed by atoms with Gasteiger partial charge in [-0.1, -0.05) is 23.8 Å². The number of nitrogens with zero attached hydrogens (tertiary/aromatic N) is 1. The molecule has 0 saturated heterocycles. The van der Waals surface area contributed by atoms with Gasteiger partial charge in [0.2, 0.25) is 0 Å². The monoisotopic (exact) mass is 506 g/mol. The quantitative estimate of drug-likeness (QED) is 0.358. The smallest absolute Gasteiger partial charge is 0.355 e. The molecule has 11 heteroatoms. The predicted octanol–water partition coefficient (Wildman–Crippen LogP) is 5.86. The number of nitrogens with one attached hydrogen (secondary N) is 1. The Bertz CT molecular complexity index is 1430. The molecule has 5 nitrogen and oxygen atoms in total. The third-order valence-electron chi connectivity index (χ3n) is 5.71. The van der Waals surface area contributed by atoms with Gasteiger partial charge < -0.3 is 5.32 Å². The standard InChI is InChI=1S/C25H16F6N2O3/c1-12-3-6-15(19(9-12)24(26,27)28)16-8-5-14(11-20(16)25(29,30)31)33-22(35)17-7-4-13(21(34)32-2)10-18(17)23(33)36/h3-11H,1-2H3,(H,32,34). The normalized spacial score (nSPS) is 13.7. The van der Waals surface area contributed by atoms with E-state index >= 15 is 0 Å². The summed E-state index contributed by atoms with van der Waals surface area (Å²) in [5, 5.41) is 2.35. The number of benzene rings is 3. The largest absolute Gasteiger partial charge is 0.417 e. The number of carbonyl (C=O) groups is 3. The first kappa shape index (κ1) is 25.0.